The van der Waals surface area contributed by atoms with E-state index in [4.69, 9.17) is 22.6 Å². The van der Waals surface area contributed by atoms with E-state index in [0.29, 0.717) is 0 Å². The molecule has 2 N–H and O–H groups in total. The predicted molar refractivity (Wildman–Crippen MR) is 41.5 cm³/mol. The minimum absolute atomic E-state index is 0. The van der Waals surface area contributed by atoms with Crippen molar-refractivity contribution in [3.8, 4) is 0 Å². The second-order valence-corrected chi connectivity index (χ2v) is 3.70. The Hall–Kier alpha value is 0.734. The number of carbonyl (C=O) groups is 3. The normalized spacial score (nSPS) is 9.48. The topological polar surface area (TPSA) is 218 Å². The summed E-state index contributed by atoms with van der Waals surface area (Å²) in [6.07, 6.45) is -2.72. The Kier molecular flexibility index (Phi) is 22.8. The molecule has 0 aliphatic rings. The van der Waals surface area contributed by atoms with Crippen LogP contribution in [0.1, 0.15) is 12.8 Å². The molecule has 0 unspecified atom stereocenters. The van der Waals surface area contributed by atoms with Crippen LogP contribution in [-0.4, -0.2) is 46.1 Å². The van der Waals surface area contributed by atoms with Crippen molar-refractivity contribution < 1.29 is 128 Å². The average Bonchev–Trinajstić information content (AvgIpc) is 1.95. The molecule has 0 heterocycles. The van der Waals surface area contributed by atoms with Gasteiger partial charge in [0.15, 0.2) is 0 Å². The zero-order valence-corrected chi connectivity index (χ0v) is 16.5. The Labute approximate surface area is 173 Å². The van der Waals surface area contributed by atoms with Crippen LogP contribution in [-0.2, 0) is 41.3 Å². The molecule has 0 rings (SSSR count). The van der Waals surface area contributed by atoms with E-state index >= 15 is 0 Å². The molecule has 15 heteroatoms. The smallest absolute Gasteiger partial charge is 0.726 e. The molecule has 0 aromatic carbocycles. The zero-order chi connectivity index (χ0) is 15.1. The molecule has 0 aliphatic carbocycles. The molecule has 0 amide bonds. The number of rotatable bonds is 5. The monoisotopic (exact) mass is 390 g/mol. The average molecular weight is 391 g/mol. The summed E-state index contributed by atoms with van der Waals surface area (Å²) in [6.45, 7) is 0. The minimum Gasteiger partial charge on any atom is -0.726 e. The Morgan fingerprint density at radius 3 is 1.24 bits per heavy atom. The van der Waals surface area contributed by atoms with Crippen LogP contribution < -0.4 is 74.4 Å². The van der Waals surface area contributed by atoms with Crippen molar-refractivity contribution in [3.05, 3.63) is 0 Å². The van der Waals surface area contributed by atoms with Crippen molar-refractivity contribution >= 4 is 28.3 Å². The summed E-state index contributed by atoms with van der Waals surface area (Å²) < 4.78 is 32.8. The van der Waals surface area contributed by atoms with Crippen molar-refractivity contribution in [2.75, 3.05) is 0 Å². The third-order valence-corrected chi connectivity index (χ3v) is 1.25. The van der Waals surface area contributed by atoms with Gasteiger partial charge in [0.1, 0.15) is 5.60 Å². The van der Waals surface area contributed by atoms with Gasteiger partial charge in [-0.15, -0.1) is 0 Å². The molecular weight excluding hydrogens is 385 g/mol. The van der Waals surface area contributed by atoms with E-state index in [2.05, 4.69) is 0 Å². The largest absolute Gasteiger partial charge is 2.00 e. The minimum atomic E-state index is -4.92. The first-order valence-electron chi connectivity index (χ1n) is 3.80. The third-order valence-electron chi connectivity index (χ3n) is 1.25. The first kappa shape index (κ1) is 33.4. The van der Waals surface area contributed by atoms with Gasteiger partial charge < -0.3 is 39.4 Å². The molecular formula is C6H6Na2NiO11S. The molecule has 11 nitrogen and oxygen atoms in total. The van der Waals surface area contributed by atoms with Crippen LogP contribution in [0, 0.1) is 0 Å². The maximum absolute atomic E-state index is 10.1. The van der Waals surface area contributed by atoms with Gasteiger partial charge in [-0.25, -0.2) is 8.42 Å². The van der Waals surface area contributed by atoms with Crippen molar-refractivity contribution in [2.45, 2.75) is 18.4 Å². The Morgan fingerprint density at radius 2 is 1.14 bits per heavy atom. The van der Waals surface area contributed by atoms with Gasteiger partial charge in [0.2, 0.25) is 10.4 Å². The van der Waals surface area contributed by atoms with Gasteiger partial charge in [-0.2, -0.15) is 0 Å². The zero-order valence-electron chi connectivity index (χ0n) is 10.7. The van der Waals surface area contributed by atoms with Gasteiger partial charge in [0.05, 0.1) is 5.97 Å². The van der Waals surface area contributed by atoms with Crippen LogP contribution in [0.15, 0.2) is 0 Å². The molecule has 114 valence electrons. The van der Waals surface area contributed by atoms with Crippen LogP contribution in [0.25, 0.3) is 0 Å². The molecule has 0 aromatic rings. The number of carbonyl (C=O) groups excluding carboxylic acids is 3. The molecule has 0 spiro atoms. The number of hydrogen-bond donors (Lipinski definition) is 2. The fourth-order valence-corrected chi connectivity index (χ4v) is 0.684. The van der Waals surface area contributed by atoms with Gasteiger partial charge in [-0.05, 0) is 0 Å². The molecule has 0 bridgehead atoms. The number of carboxylic acids is 3. The van der Waals surface area contributed by atoms with E-state index in [0.717, 1.165) is 0 Å². The molecule has 0 atom stereocenters. The maximum Gasteiger partial charge on any atom is 2.00 e. The third kappa shape index (κ3) is 26.0. The molecule has 0 aromatic heterocycles. The second-order valence-electron chi connectivity index (χ2n) is 2.84. The fourth-order valence-electron chi connectivity index (χ4n) is 0.684. The first-order valence-corrected chi connectivity index (χ1v) is 5.16. The van der Waals surface area contributed by atoms with Gasteiger partial charge >= 0.3 is 75.6 Å². The van der Waals surface area contributed by atoms with Crippen LogP contribution in [0.4, 0.5) is 0 Å². The van der Waals surface area contributed by atoms with Crippen LogP contribution >= 0.6 is 0 Å². The molecule has 0 aliphatic heterocycles. The standard InChI is InChI=1S/C6H8O7.2Na.Ni.H2O4S/c7-3(8)1-6(13,5(11)12)2-4(9)10;;;;1-5(2,3)4/h13H,1-2H2,(H,7,8)(H,9,10)(H,11,12);;;;(H2,1,2,3,4)/q;2*+1;+2;/p-4. The van der Waals surface area contributed by atoms with E-state index < -0.39 is 46.7 Å². The van der Waals surface area contributed by atoms with Gasteiger partial charge in [0.25, 0.3) is 0 Å². The number of hydrogen-bond acceptors (Lipinski definition) is 10. The van der Waals surface area contributed by atoms with Crippen molar-refractivity contribution in [3.63, 3.8) is 0 Å². The van der Waals surface area contributed by atoms with E-state index in [1.165, 1.54) is 0 Å². The van der Waals surface area contributed by atoms with Gasteiger partial charge in [-0.3, -0.25) is 4.55 Å². The number of aliphatic hydroxyl groups is 1. The summed E-state index contributed by atoms with van der Waals surface area (Å²) in [5.41, 5.74) is -2.97. The number of aliphatic carboxylic acids is 3. The van der Waals surface area contributed by atoms with Gasteiger partial charge in [-0.1, -0.05) is 0 Å². The van der Waals surface area contributed by atoms with Crippen LogP contribution in [0.5, 0.6) is 0 Å². The van der Waals surface area contributed by atoms with Crippen molar-refractivity contribution in [2.24, 2.45) is 0 Å². The molecule has 0 saturated heterocycles. The fraction of sp³-hybridized carbons (Fsp3) is 0.500. The summed E-state index contributed by atoms with van der Waals surface area (Å²) in [5, 5.41) is 38.9. The molecule has 0 fully saturated rings. The quantitative estimate of drug-likeness (QED) is 0.255. The van der Waals surface area contributed by atoms with E-state index in [1.54, 1.807) is 0 Å². The second kappa shape index (κ2) is 14.3. The maximum atomic E-state index is 10.1. The summed E-state index contributed by atoms with van der Waals surface area (Å²) in [6, 6.07) is 0. The molecule has 0 saturated carbocycles. The van der Waals surface area contributed by atoms with Crippen LogP contribution in [0.3, 0.4) is 0 Å². The van der Waals surface area contributed by atoms with Crippen LogP contribution in [0.2, 0.25) is 0 Å². The Morgan fingerprint density at radius 1 is 0.952 bits per heavy atom. The number of carboxylic acid groups (broad SMARTS) is 3. The molecule has 0 radical (unpaired) electrons. The van der Waals surface area contributed by atoms with Gasteiger partial charge in [0, 0.05) is 24.8 Å². The molecule has 21 heavy (non-hydrogen) atoms. The van der Waals surface area contributed by atoms with E-state index in [-0.39, 0.29) is 75.6 Å². The van der Waals surface area contributed by atoms with Crippen molar-refractivity contribution in [1.29, 1.82) is 0 Å². The van der Waals surface area contributed by atoms with Crippen molar-refractivity contribution in [1.82, 2.24) is 0 Å². The SMILES string of the molecule is O=C([O-])CC(O)(CC(=O)[O-])C(=O)[O-].O=S(=O)([O-])O.[Na+].[Na+].[Ni+2]. The summed E-state index contributed by atoms with van der Waals surface area (Å²) in [7, 11) is -4.92. The predicted octanol–water partition coefficient (Wildman–Crippen LogP) is -12.2. The summed E-state index contributed by atoms with van der Waals surface area (Å²) >= 11 is 0. The van der Waals surface area contributed by atoms with E-state index in [1.807, 2.05) is 0 Å². The summed E-state index contributed by atoms with van der Waals surface area (Å²) in [5.74, 6) is -5.98. The first-order chi connectivity index (χ1) is 7.78. The Balaban J connectivity index is -0.0000000933. The summed E-state index contributed by atoms with van der Waals surface area (Å²) in [4.78, 5) is 30.0. The Bertz CT molecular complexity index is 412. The van der Waals surface area contributed by atoms with E-state index in [9.17, 15) is 29.7 Å².